The Morgan fingerprint density at radius 3 is 2.64 bits per heavy atom. The molecule has 0 fully saturated rings. The lowest BCUT2D eigenvalue weighted by molar-refractivity contribution is -0.384. The van der Waals surface area contributed by atoms with Gasteiger partial charge in [0, 0.05) is 28.8 Å². The average Bonchev–Trinajstić information content (AvgIpc) is 3.10. The van der Waals surface area contributed by atoms with Crippen LogP contribution < -0.4 is 5.32 Å². The van der Waals surface area contributed by atoms with E-state index < -0.39 is 10.8 Å². The molecule has 0 unspecified atom stereocenters. The first kappa shape index (κ1) is 19.7. The Hall–Kier alpha value is -3.09. The van der Waals surface area contributed by atoms with E-state index in [1.165, 1.54) is 24.3 Å². The van der Waals surface area contributed by atoms with Crippen LogP contribution in [-0.4, -0.2) is 10.8 Å². The molecular weight excluding hydrogens is 403 g/mol. The highest BCUT2D eigenvalue weighted by Gasteiger charge is 2.11. The number of anilines is 1. The van der Waals surface area contributed by atoms with Gasteiger partial charge in [-0.2, -0.15) is 0 Å². The van der Waals surface area contributed by atoms with Crippen LogP contribution in [0, 0.1) is 17.0 Å². The summed E-state index contributed by atoms with van der Waals surface area (Å²) in [6.07, 6.45) is 2.78. The zero-order valence-electron chi connectivity index (χ0n) is 14.6. The molecule has 3 aromatic rings. The molecule has 28 heavy (non-hydrogen) atoms. The van der Waals surface area contributed by atoms with Gasteiger partial charge in [0.25, 0.3) is 5.69 Å². The Labute approximate surface area is 170 Å². The fourth-order valence-electron chi connectivity index (χ4n) is 2.47. The molecule has 0 aliphatic carbocycles. The van der Waals surface area contributed by atoms with Gasteiger partial charge in [0.05, 0.1) is 15.6 Å². The standard InChI is InChI=1S/C20H14Cl2N2O4/c1-12-2-4-14(24(26)27)11-18(12)23-20(25)9-6-15-5-8-19(28-15)16-7-3-13(21)10-17(16)22/h2-11H,1H3,(H,23,25)/b9-6+. The summed E-state index contributed by atoms with van der Waals surface area (Å²) in [7, 11) is 0. The molecule has 0 aliphatic rings. The molecule has 3 rings (SSSR count). The van der Waals surface area contributed by atoms with E-state index in [0.717, 1.165) is 0 Å². The minimum atomic E-state index is -0.517. The number of benzene rings is 2. The van der Waals surface area contributed by atoms with Gasteiger partial charge in [0.15, 0.2) is 0 Å². The number of aryl methyl sites for hydroxylation is 1. The molecule has 0 saturated carbocycles. The molecule has 1 N–H and O–H groups in total. The van der Waals surface area contributed by atoms with Gasteiger partial charge in [0.1, 0.15) is 11.5 Å². The van der Waals surface area contributed by atoms with Crippen molar-refractivity contribution in [3.05, 3.63) is 86.1 Å². The predicted molar refractivity (Wildman–Crippen MR) is 110 cm³/mol. The summed E-state index contributed by atoms with van der Waals surface area (Å²) in [5, 5.41) is 14.5. The molecule has 1 heterocycles. The molecule has 2 aromatic carbocycles. The van der Waals surface area contributed by atoms with E-state index in [4.69, 9.17) is 27.6 Å². The molecule has 6 nitrogen and oxygen atoms in total. The van der Waals surface area contributed by atoms with Crippen LogP contribution in [0.1, 0.15) is 11.3 Å². The summed E-state index contributed by atoms with van der Waals surface area (Å²) < 4.78 is 5.68. The minimum Gasteiger partial charge on any atom is -0.457 e. The Morgan fingerprint density at radius 2 is 1.93 bits per heavy atom. The molecule has 0 bridgehead atoms. The van der Waals surface area contributed by atoms with E-state index in [2.05, 4.69) is 5.32 Å². The first-order valence-electron chi connectivity index (χ1n) is 8.13. The summed E-state index contributed by atoms with van der Waals surface area (Å²) in [5.74, 6) is 0.550. The second-order valence-electron chi connectivity index (χ2n) is 5.91. The van der Waals surface area contributed by atoms with Crippen LogP contribution in [0.4, 0.5) is 11.4 Å². The van der Waals surface area contributed by atoms with Gasteiger partial charge >= 0.3 is 0 Å². The van der Waals surface area contributed by atoms with Crippen molar-refractivity contribution in [2.75, 3.05) is 5.32 Å². The number of hydrogen-bond acceptors (Lipinski definition) is 4. The number of nitro groups is 1. The zero-order valence-corrected chi connectivity index (χ0v) is 16.1. The number of carbonyl (C=O) groups excluding carboxylic acids is 1. The first-order chi connectivity index (χ1) is 13.3. The van der Waals surface area contributed by atoms with E-state index in [1.807, 2.05) is 0 Å². The largest absolute Gasteiger partial charge is 0.457 e. The second-order valence-corrected chi connectivity index (χ2v) is 6.75. The van der Waals surface area contributed by atoms with Crippen LogP contribution in [0.3, 0.4) is 0 Å². The molecule has 0 radical (unpaired) electrons. The maximum atomic E-state index is 12.1. The van der Waals surface area contributed by atoms with Crippen molar-refractivity contribution in [3.8, 4) is 11.3 Å². The third kappa shape index (κ3) is 4.60. The van der Waals surface area contributed by atoms with Crippen LogP contribution in [0.2, 0.25) is 10.0 Å². The Balaban J connectivity index is 1.72. The molecule has 142 valence electrons. The van der Waals surface area contributed by atoms with E-state index in [0.29, 0.717) is 38.4 Å². The van der Waals surface area contributed by atoms with Crippen LogP contribution in [0.25, 0.3) is 17.4 Å². The predicted octanol–water partition coefficient (Wildman–Crippen LogP) is 6.12. The van der Waals surface area contributed by atoms with Crippen molar-refractivity contribution < 1.29 is 14.1 Å². The number of rotatable bonds is 5. The SMILES string of the molecule is Cc1ccc([N+](=O)[O-])cc1NC(=O)/C=C/c1ccc(-c2ccc(Cl)cc2Cl)o1. The van der Waals surface area contributed by atoms with Gasteiger partial charge in [0.2, 0.25) is 5.91 Å². The summed E-state index contributed by atoms with van der Waals surface area (Å²) in [5.41, 5.74) is 1.67. The third-order valence-corrected chi connectivity index (χ3v) is 4.46. The van der Waals surface area contributed by atoms with Crippen molar-refractivity contribution >= 4 is 46.6 Å². The van der Waals surface area contributed by atoms with Crippen molar-refractivity contribution in [2.45, 2.75) is 6.92 Å². The highest BCUT2D eigenvalue weighted by Crippen LogP contribution is 2.31. The summed E-state index contributed by atoms with van der Waals surface area (Å²) >= 11 is 12.1. The number of carbonyl (C=O) groups is 1. The lowest BCUT2D eigenvalue weighted by Crippen LogP contribution is -2.09. The van der Waals surface area contributed by atoms with Crippen molar-refractivity contribution in [1.82, 2.24) is 0 Å². The summed E-state index contributed by atoms with van der Waals surface area (Å²) in [6, 6.07) is 12.8. The van der Waals surface area contributed by atoms with E-state index in [-0.39, 0.29) is 5.69 Å². The molecule has 1 aromatic heterocycles. The van der Waals surface area contributed by atoms with Crippen molar-refractivity contribution in [2.24, 2.45) is 0 Å². The maximum Gasteiger partial charge on any atom is 0.271 e. The van der Waals surface area contributed by atoms with Gasteiger partial charge in [-0.1, -0.05) is 29.3 Å². The minimum absolute atomic E-state index is 0.0969. The number of nitrogens with zero attached hydrogens (tertiary/aromatic N) is 1. The highest BCUT2D eigenvalue weighted by molar-refractivity contribution is 6.36. The third-order valence-electron chi connectivity index (χ3n) is 3.91. The first-order valence-corrected chi connectivity index (χ1v) is 8.88. The highest BCUT2D eigenvalue weighted by atomic mass is 35.5. The average molecular weight is 417 g/mol. The Bertz CT molecular complexity index is 1090. The number of amides is 1. The van der Waals surface area contributed by atoms with Crippen LogP contribution in [-0.2, 0) is 4.79 Å². The molecule has 0 spiro atoms. The van der Waals surface area contributed by atoms with Gasteiger partial charge in [-0.3, -0.25) is 14.9 Å². The molecule has 1 amide bonds. The smallest absolute Gasteiger partial charge is 0.271 e. The lowest BCUT2D eigenvalue weighted by atomic mass is 10.2. The molecule has 0 atom stereocenters. The van der Waals surface area contributed by atoms with Gasteiger partial charge in [-0.05, 0) is 48.9 Å². The van der Waals surface area contributed by atoms with Gasteiger partial charge < -0.3 is 9.73 Å². The summed E-state index contributed by atoms with van der Waals surface area (Å²) in [6.45, 7) is 1.75. The molecule has 8 heteroatoms. The number of nitrogens with one attached hydrogen (secondary N) is 1. The second kappa shape index (κ2) is 8.29. The molecule has 0 saturated heterocycles. The van der Waals surface area contributed by atoms with Gasteiger partial charge in [-0.25, -0.2) is 0 Å². The Morgan fingerprint density at radius 1 is 1.14 bits per heavy atom. The van der Waals surface area contributed by atoms with Crippen molar-refractivity contribution in [3.63, 3.8) is 0 Å². The van der Waals surface area contributed by atoms with E-state index in [1.54, 1.807) is 43.3 Å². The van der Waals surface area contributed by atoms with Crippen LogP contribution in [0.15, 0.2) is 59.0 Å². The molecule has 0 aliphatic heterocycles. The number of nitro benzene ring substituents is 1. The van der Waals surface area contributed by atoms with E-state index in [9.17, 15) is 14.9 Å². The number of halogens is 2. The summed E-state index contributed by atoms with van der Waals surface area (Å²) in [4.78, 5) is 22.5. The number of hydrogen-bond donors (Lipinski definition) is 1. The quantitative estimate of drug-likeness (QED) is 0.308. The number of non-ortho nitro benzene ring substituents is 1. The van der Waals surface area contributed by atoms with Gasteiger partial charge in [-0.15, -0.1) is 0 Å². The number of furan rings is 1. The molecular formula is C20H14Cl2N2O4. The fraction of sp³-hybridized carbons (Fsp3) is 0.0500. The zero-order chi connectivity index (χ0) is 20.3. The fourth-order valence-corrected chi connectivity index (χ4v) is 2.97. The van der Waals surface area contributed by atoms with Crippen LogP contribution >= 0.6 is 23.2 Å². The normalized spacial score (nSPS) is 11.0. The lowest BCUT2D eigenvalue weighted by Gasteiger charge is -2.05. The topological polar surface area (TPSA) is 85.4 Å². The van der Waals surface area contributed by atoms with E-state index >= 15 is 0 Å². The van der Waals surface area contributed by atoms with Crippen LogP contribution in [0.5, 0.6) is 0 Å². The van der Waals surface area contributed by atoms with Crippen molar-refractivity contribution in [1.29, 1.82) is 0 Å². The maximum absolute atomic E-state index is 12.1. The Kier molecular flexibility index (Phi) is 5.82. The monoisotopic (exact) mass is 416 g/mol.